The van der Waals surface area contributed by atoms with Crippen molar-refractivity contribution in [2.45, 2.75) is 6.92 Å². The fourth-order valence-corrected chi connectivity index (χ4v) is 2.81. The van der Waals surface area contributed by atoms with Gasteiger partial charge in [-0.2, -0.15) is 0 Å². The number of hydrogen-bond donors (Lipinski definition) is 0. The lowest BCUT2D eigenvalue weighted by Crippen LogP contribution is -2.48. The monoisotopic (exact) mass is 334 g/mol. The van der Waals surface area contributed by atoms with Crippen LogP contribution in [0, 0.1) is 0 Å². The standard InChI is InChI=1S/C18H26N2O4/c1-5-19-10-12-20(13-11-19)16(21)9-7-14-6-8-15(22-2)18(24-4)17(14)23-3/h6-9H,5,10-13H2,1-4H3/b9-7+. The second-order valence-electron chi connectivity index (χ2n) is 5.52. The van der Waals surface area contributed by atoms with Gasteiger partial charge in [0.15, 0.2) is 11.5 Å². The number of carbonyl (C=O) groups excluding carboxylic acids is 1. The smallest absolute Gasteiger partial charge is 0.246 e. The lowest BCUT2D eigenvalue weighted by Gasteiger charge is -2.33. The fourth-order valence-electron chi connectivity index (χ4n) is 2.81. The van der Waals surface area contributed by atoms with Gasteiger partial charge in [-0.25, -0.2) is 0 Å². The van der Waals surface area contributed by atoms with Crippen LogP contribution in [0.3, 0.4) is 0 Å². The van der Waals surface area contributed by atoms with E-state index in [-0.39, 0.29) is 5.91 Å². The van der Waals surface area contributed by atoms with Crippen LogP contribution in [0.25, 0.3) is 6.08 Å². The maximum atomic E-state index is 12.4. The molecule has 0 N–H and O–H groups in total. The van der Waals surface area contributed by atoms with Crippen molar-refractivity contribution in [3.8, 4) is 17.2 Å². The summed E-state index contributed by atoms with van der Waals surface area (Å²) in [7, 11) is 4.71. The van der Waals surface area contributed by atoms with Crippen LogP contribution in [-0.2, 0) is 4.79 Å². The molecule has 1 aliphatic rings. The molecular formula is C18H26N2O4. The SMILES string of the molecule is CCN1CCN(C(=O)/C=C/c2ccc(OC)c(OC)c2OC)CC1. The molecule has 0 aromatic heterocycles. The van der Waals surface area contributed by atoms with E-state index in [9.17, 15) is 4.79 Å². The quantitative estimate of drug-likeness (QED) is 0.744. The number of nitrogens with zero attached hydrogens (tertiary/aromatic N) is 2. The highest BCUT2D eigenvalue weighted by molar-refractivity contribution is 5.92. The largest absolute Gasteiger partial charge is 0.493 e. The summed E-state index contributed by atoms with van der Waals surface area (Å²) in [6.07, 6.45) is 3.35. The third-order valence-electron chi connectivity index (χ3n) is 4.27. The minimum Gasteiger partial charge on any atom is -0.493 e. The number of rotatable bonds is 6. The van der Waals surface area contributed by atoms with Gasteiger partial charge >= 0.3 is 0 Å². The summed E-state index contributed by atoms with van der Waals surface area (Å²) in [5, 5.41) is 0. The summed E-state index contributed by atoms with van der Waals surface area (Å²) in [6.45, 7) is 6.55. The first-order valence-corrected chi connectivity index (χ1v) is 8.12. The van der Waals surface area contributed by atoms with E-state index in [0.29, 0.717) is 17.2 Å². The van der Waals surface area contributed by atoms with Gasteiger partial charge in [0.25, 0.3) is 0 Å². The molecule has 24 heavy (non-hydrogen) atoms. The van der Waals surface area contributed by atoms with Crippen LogP contribution in [0.15, 0.2) is 18.2 Å². The molecule has 2 rings (SSSR count). The van der Waals surface area contributed by atoms with Gasteiger partial charge in [0.1, 0.15) is 0 Å². The first-order chi connectivity index (χ1) is 11.6. The third-order valence-corrected chi connectivity index (χ3v) is 4.27. The second-order valence-corrected chi connectivity index (χ2v) is 5.52. The first-order valence-electron chi connectivity index (χ1n) is 8.12. The Hall–Kier alpha value is -2.21. The molecule has 0 unspecified atom stereocenters. The minimum atomic E-state index is 0.0163. The summed E-state index contributed by atoms with van der Waals surface area (Å²) >= 11 is 0. The predicted octanol–water partition coefficient (Wildman–Crippen LogP) is 1.89. The van der Waals surface area contributed by atoms with Gasteiger partial charge in [-0.05, 0) is 24.8 Å². The van der Waals surface area contributed by atoms with Crippen molar-refractivity contribution in [1.29, 1.82) is 0 Å². The van der Waals surface area contributed by atoms with E-state index in [1.54, 1.807) is 39.5 Å². The Balaban J connectivity index is 2.12. The van der Waals surface area contributed by atoms with Gasteiger partial charge in [0, 0.05) is 37.8 Å². The molecule has 0 atom stereocenters. The molecule has 0 radical (unpaired) electrons. The molecule has 1 amide bonds. The minimum absolute atomic E-state index is 0.0163. The van der Waals surface area contributed by atoms with Crippen molar-refractivity contribution in [3.05, 3.63) is 23.8 Å². The van der Waals surface area contributed by atoms with Gasteiger partial charge in [-0.3, -0.25) is 4.79 Å². The maximum Gasteiger partial charge on any atom is 0.246 e. The van der Waals surface area contributed by atoms with Gasteiger partial charge in [-0.15, -0.1) is 0 Å². The van der Waals surface area contributed by atoms with Gasteiger partial charge in [0.2, 0.25) is 11.7 Å². The van der Waals surface area contributed by atoms with Crippen molar-refractivity contribution >= 4 is 12.0 Å². The molecule has 0 spiro atoms. The Labute approximate surface area is 143 Å². The van der Waals surface area contributed by atoms with Crippen molar-refractivity contribution in [1.82, 2.24) is 9.80 Å². The molecule has 0 saturated carbocycles. The zero-order chi connectivity index (χ0) is 17.5. The average Bonchev–Trinajstić information content (AvgIpc) is 2.64. The number of amides is 1. The molecule has 6 heteroatoms. The summed E-state index contributed by atoms with van der Waals surface area (Å²) in [6, 6.07) is 3.64. The lowest BCUT2D eigenvalue weighted by atomic mass is 10.1. The van der Waals surface area contributed by atoms with Crippen LogP contribution < -0.4 is 14.2 Å². The van der Waals surface area contributed by atoms with E-state index in [2.05, 4.69) is 11.8 Å². The normalized spacial score (nSPS) is 15.6. The molecule has 1 aliphatic heterocycles. The van der Waals surface area contributed by atoms with E-state index in [1.807, 2.05) is 11.0 Å². The van der Waals surface area contributed by atoms with E-state index < -0.39 is 0 Å². The highest BCUT2D eigenvalue weighted by Crippen LogP contribution is 2.40. The van der Waals surface area contributed by atoms with Crippen LogP contribution >= 0.6 is 0 Å². The zero-order valence-electron chi connectivity index (χ0n) is 14.9. The molecule has 1 aromatic carbocycles. The van der Waals surface area contributed by atoms with Gasteiger partial charge in [-0.1, -0.05) is 6.92 Å². The van der Waals surface area contributed by atoms with Gasteiger partial charge in [0.05, 0.1) is 21.3 Å². The van der Waals surface area contributed by atoms with Crippen molar-refractivity contribution in [2.24, 2.45) is 0 Å². The van der Waals surface area contributed by atoms with Crippen LogP contribution in [-0.4, -0.2) is 69.8 Å². The Morgan fingerprint density at radius 1 is 1.04 bits per heavy atom. The third kappa shape index (κ3) is 4.00. The fraction of sp³-hybridized carbons (Fsp3) is 0.500. The Bertz CT molecular complexity index is 593. The summed E-state index contributed by atoms with van der Waals surface area (Å²) in [5.41, 5.74) is 0.774. The number of benzene rings is 1. The number of piperazine rings is 1. The van der Waals surface area contributed by atoms with E-state index in [4.69, 9.17) is 14.2 Å². The number of methoxy groups -OCH3 is 3. The number of likely N-dealkylation sites (N-methyl/N-ethyl adjacent to an activating group) is 1. The summed E-state index contributed by atoms with van der Waals surface area (Å²) in [4.78, 5) is 16.6. The van der Waals surface area contributed by atoms with Crippen LogP contribution in [0.4, 0.5) is 0 Å². The maximum absolute atomic E-state index is 12.4. The van der Waals surface area contributed by atoms with Crippen LogP contribution in [0.2, 0.25) is 0 Å². The highest BCUT2D eigenvalue weighted by atomic mass is 16.5. The molecular weight excluding hydrogens is 308 g/mol. The number of carbonyl (C=O) groups is 1. The Morgan fingerprint density at radius 3 is 2.25 bits per heavy atom. The predicted molar refractivity (Wildman–Crippen MR) is 93.8 cm³/mol. The van der Waals surface area contributed by atoms with Gasteiger partial charge < -0.3 is 24.0 Å². The Kier molecular flexibility index (Phi) is 6.49. The average molecular weight is 334 g/mol. The molecule has 1 heterocycles. The number of hydrogen-bond acceptors (Lipinski definition) is 5. The second kappa shape index (κ2) is 8.59. The molecule has 0 bridgehead atoms. The number of ether oxygens (including phenoxy) is 3. The highest BCUT2D eigenvalue weighted by Gasteiger charge is 2.19. The summed E-state index contributed by atoms with van der Waals surface area (Å²) < 4.78 is 16.1. The van der Waals surface area contributed by atoms with E-state index in [1.165, 1.54) is 0 Å². The Morgan fingerprint density at radius 2 is 1.71 bits per heavy atom. The van der Waals surface area contributed by atoms with Crippen molar-refractivity contribution < 1.29 is 19.0 Å². The van der Waals surface area contributed by atoms with Crippen molar-refractivity contribution in [2.75, 3.05) is 54.1 Å². The van der Waals surface area contributed by atoms with Crippen molar-refractivity contribution in [3.63, 3.8) is 0 Å². The van der Waals surface area contributed by atoms with Crippen LogP contribution in [0.1, 0.15) is 12.5 Å². The molecule has 0 aliphatic carbocycles. The lowest BCUT2D eigenvalue weighted by molar-refractivity contribution is -0.127. The molecule has 1 aromatic rings. The van der Waals surface area contributed by atoms with Crippen LogP contribution in [0.5, 0.6) is 17.2 Å². The molecule has 1 saturated heterocycles. The zero-order valence-corrected chi connectivity index (χ0v) is 14.9. The summed E-state index contributed by atoms with van der Waals surface area (Å²) in [5.74, 6) is 1.68. The first kappa shape index (κ1) is 18.1. The molecule has 6 nitrogen and oxygen atoms in total. The molecule has 1 fully saturated rings. The topological polar surface area (TPSA) is 51.2 Å². The van der Waals surface area contributed by atoms with E-state index in [0.717, 1.165) is 38.3 Å². The molecule has 132 valence electrons. The van der Waals surface area contributed by atoms with E-state index >= 15 is 0 Å².